The van der Waals surface area contributed by atoms with E-state index < -0.39 is 14.8 Å². The highest BCUT2D eigenvalue weighted by Crippen LogP contribution is 2.53. The molecule has 0 fully saturated rings. The van der Waals surface area contributed by atoms with Gasteiger partial charge in [-0.3, -0.25) is 4.52 Å². The third-order valence-corrected chi connectivity index (χ3v) is 12.2. The van der Waals surface area contributed by atoms with Gasteiger partial charge >= 0.3 is 14.8 Å². The molecule has 0 saturated carbocycles. The quantitative estimate of drug-likeness (QED) is 0.0335. The first-order valence-electron chi connectivity index (χ1n) is 22.5. The number of hydrogen-bond acceptors (Lipinski definition) is 9. The van der Waals surface area contributed by atoms with Crippen LogP contribution in [0.15, 0.2) is 121 Å². The van der Waals surface area contributed by atoms with Gasteiger partial charge < -0.3 is 27.6 Å². The molecule has 0 saturated heterocycles. The lowest BCUT2D eigenvalue weighted by atomic mass is 10.1. The number of benzene rings is 4. The van der Waals surface area contributed by atoms with Crippen molar-refractivity contribution < 1.29 is 41.2 Å². The van der Waals surface area contributed by atoms with Crippen LogP contribution >= 0.6 is 26.0 Å². The highest BCUT2D eigenvalue weighted by atomic mass is 35.7. The minimum atomic E-state index is -3.99. The summed E-state index contributed by atoms with van der Waals surface area (Å²) < 4.78 is 65.6. The number of hydrogen-bond donors (Lipinski definition) is 0. The highest BCUT2D eigenvalue weighted by Gasteiger charge is 2.32. The van der Waals surface area contributed by atoms with E-state index in [0.717, 1.165) is 19.3 Å². The van der Waals surface area contributed by atoms with E-state index in [-0.39, 0.29) is 12.7 Å². The topological polar surface area (TPSA) is 98.8 Å². The zero-order chi connectivity index (χ0) is 43.5. The van der Waals surface area contributed by atoms with Crippen molar-refractivity contribution in [3.8, 4) is 23.0 Å². The Balaban J connectivity index is 0.000000481. The molecular formula is C49H71ClO9P2. The average molecular weight is 901 g/mol. The number of rotatable bonds is 34. The minimum Gasteiger partial charge on any atom is -0.405 e. The normalized spacial score (nSPS) is 11.9. The van der Waals surface area contributed by atoms with Crippen LogP contribution in [0.5, 0.6) is 23.0 Å². The summed E-state index contributed by atoms with van der Waals surface area (Å²) in [6.45, 7) is 2.58. The third-order valence-electron chi connectivity index (χ3n) is 9.55. The van der Waals surface area contributed by atoms with Crippen molar-refractivity contribution in [2.75, 3.05) is 26.4 Å². The standard InChI is InChI=1S/C37H61O6P.C12H10ClO3P/c1-3-5-7-9-11-13-14-15-17-25-31-39-33-37(40-32-26-18-16-12-10-8-6-4-2)34-41-44(38,42-35-27-21-19-22-28-35)43-36-29-23-20-24-30-36;13-17(14,15-11-7-3-1-4-8-11)16-12-9-5-2-6-10-12/h19-24,27-30,37H,3-18,25-26,31-34H2,1-2H3;1-10H. The fourth-order valence-electron chi connectivity index (χ4n) is 6.24. The van der Waals surface area contributed by atoms with Crippen LogP contribution in [0.2, 0.25) is 0 Å². The zero-order valence-electron chi connectivity index (χ0n) is 36.6. The molecule has 0 N–H and O–H groups in total. The number of ether oxygens (including phenoxy) is 2. The zero-order valence-corrected chi connectivity index (χ0v) is 39.2. The molecule has 0 spiro atoms. The first-order chi connectivity index (χ1) is 29.8. The molecule has 0 heterocycles. The van der Waals surface area contributed by atoms with Gasteiger partial charge in [-0.1, -0.05) is 189 Å². The lowest BCUT2D eigenvalue weighted by Crippen LogP contribution is -2.27. The molecule has 0 radical (unpaired) electrons. The molecule has 4 aromatic rings. The summed E-state index contributed by atoms with van der Waals surface area (Å²) in [6.07, 6.45) is 22.4. The Morgan fingerprint density at radius 2 is 0.754 bits per heavy atom. The lowest BCUT2D eigenvalue weighted by Gasteiger charge is -2.23. The van der Waals surface area contributed by atoms with E-state index in [1.165, 1.54) is 96.3 Å². The second kappa shape index (κ2) is 33.3. The Morgan fingerprint density at radius 3 is 1.13 bits per heavy atom. The van der Waals surface area contributed by atoms with Gasteiger partial charge in [0.1, 0.15) is 29.1 Å². The lowest BCUT2D eigenvalue weighted by molar-refractivity contribution is -0.0422. The van der Waals surface area contributed by atoms with E-state index >= 15 is 0 Å². The molecule has 9 nitrogen and oxygen atoms in total. The van der Waals surface area contributed by atoms with Gasteiger partial charge in [-0.05, 0) is 61.4 Å². The summed E-state index contributed by atoms with van der Waals surface area (Å²) in [5, 5.41) is 0. The van der Waals surface area contributed by atoms with Crippen molar-refractivity contribution in [3.05, 3.63) is 121 Å². The van der Waals surface area contributed by atoms with E-state index in [1.807, 2.05) is 48.5 Å². The van der Waals surface area contributed by atoms with Crippen LogP contribution in [0.25, 0.3) is 0 Å². The van der Waals surface area contributed by atoms with Crippen LogP contribution < -0.4 is 18.1 Å². The molecular weight excluding hydrogens is 830 g/mol. The van der Waals surface area contributed by atoms with Crippen molar-refractivity contribution in [3.63, 3.8) is 0 Å². The van der Waals surface area contributed by atoms with Gasteiger partial charge in [-0.2, -0.15) is 0 Å². The van der Waals surface area contributed by atoms with Crippen molar-refractivity contribution >= 4 is 26.0 Å². The molecule has 0 aliphatic carbocycles. The summed E-state index contributed by atoms with van der Waals surface area (Å²) in [6, 6.07) is 35.3. The summed E-state index contributed by atoms with van der Waals surface area (Å²) in [5.41, 5.74) is 0. The molecule has 0 aliphatic rings. The van der Waals surface area contributed by atoms with Crippen molar-refractivity contribution in [2.24, 2.45) is 0 Å². The maximum atomic E-state index is 13.8. The third kappa shape index (κ3) is 26.7. The van der Waals surface area contributed by atoms with Gasteiger partial charge in [0, 0.05) is 24.5 Å². The molecule has 0 aromatic heterocycles. The summed E-state index contributed by atoms with van der Waals surface area (Å²) in [7, 11) is -3.99. The number of unbranched alkanes of at least 4 members (excludes halogenated alkanes) is 16. The Labute approximate surface area is 372 Å². The Hall–Kier alpha value is -3.29. The van der Waals surface area contributed by atoms with E-state index in [4.69, 9.17) is 43.3 Å². The molecule has 12 heteroatoms. The van der Waals surface area contributed by atoms with Crippen LogP contribution in [0, 0.1) is 0 Å². The summed E-state index contributed by atoms with van der Waals surface area (Å²) in [5.74, 6) is 1.64. The molecule has 0 amide bonds. The number of phosphoric ester groups is 1. The molecule has 0 bridgehead atoms. The van der Waals surface area contributed by atoms with E-state index in [9.17, 15) is 9.13 Å². The van der Waals surface area contributed by atoms with Crippen LogP contribution in [-0.4, -0.2) is 32.5 Å². The Morgan fingerprint density at radius 1 is 0.426 bits per heavy atom. The van der Waals surface area contributed by atoms with Crippen LogP contribution in [0.1, 0.15) is 129 Å². The first-order valence-corrected chi connectivity index (χ1v) is 26.4. The minimum absolute atomic E-state index is 0.0476. The second-order valence-corrected chi connectivity index (χ2v) is 19.0. The van der Waals surface area contributed by atoms with Crippen molar-refractivity contribution in [2.45, 2.75) is 136 Å². The Kier molecular flexibility index (Phi) is 28.4. The molecule has 61 heavy (non-hydrogen) atoms. The molecule has 4 rings (SSSR count). The molecule has 1 unspecified atom stereocenters. The monoisotopic (exact) mass is 900 g/mol. The van der Waals surface area contributed by atoms with Gasteiger partial charge in [0.2, 0.25) is 0 Å². The van der Waals surface area contributed by atoms with E-state index in [1.54, 1.807) is 72.8 Å². The van der Waals surface area contributed by atoms with Crippen LogP contribution in [0.3, 0.4) is 0 Å². The van der Waals surface area contributed by atoms with Crippen LogP contribution in [0.4, 0.5) is 0 Å². The SMILES string of the molecule is CCCCCCCCCCCCOCC(COP(=O)(Oc1ccccc1)Oc1ccccc1)OCCCCCCCCCC.O=P(Cl)(Oc1ccccc1)Oc1ccccc1. The van der Waals surface area contributed by atoms with Crippen molar-refractivity contribution in [1.82, 2.24) is 0 Å². The van der Waals surface area contributed by atoms with E-state index in [2.05, 4.69) is 13.8 Å². The summed E-state index contributed by atoms with van der Waals surface area (Å²) >= 11 is 5.72. The molecule has 4 aromatic carbocycles. The highest BCUT2D eigenvalue weighted by molar-refractivity contribution is 7.82. The van der Waals surface area contributed by atoms with Gasteiger partial charge in [-0.25, -0.2) is 9.13 Å². The number of para-hydroxylation sites is 4. The first kappa shape index (κ1) is 52.1. The fourth-order valence-corrected chi connectivity index (χ4v) is 8.75. The number of halogens is 1. The smallest absolute Gasteiger partial charge is 0.405 e. The number of phosphoric acid groups is 1. The fraction of sp³-hybridized carbons (Fsp3) is 0.510. The Bertz CT molecular complexity index is 1610. The van der Waals surface area contributed by atoms with Gasteiger partial charge in [0.05, 0.1) is 13.2 Å². The van der Waals surface area contributed by atoms with Gasteiger partial charge in [0.15, 0.2) is 0 Å². The maximum absolute atomic E-state index is 13.8. The van der Waals surface area contributed by atoms with Crippen molar-refractivity contribution in [1.29, 1.82) is 0 Å². The average Bonchev–Trinajstić information content (AvgIpc) is 3.26. The predicted octanol–water partition coefficient (Wildman–Crippen LogP) is 16.2. The van der Waals surface area contributed by atoms with Gasteiger partial charge in [-0.15, -0.1) is 0 Å². The predicted molar refractivity (Wildman–Crippen MR) is 250 cm³/mol. The van der Waals surface area contributed by atoms with Crippen LogP contribution in [-0.2, 0) is 23.1 Å². The maximum Gasteiger partial charge on any atom is 0.587 e. The van der Waals surface area contributed by atoms with Gasteiger partial charge in [0.25, 0.3) is 0 Å². The second-order valence-electron chi connectivity index (χ2n) is 15.0. The molecule has 1 atom stereocenters. The molecule has 0 aliphatic heterocycles. The molecule has 338 valence electrons. The summed E-state index contributed by atoms with van der Waals surface area (Å²) in [4.78, 5) is 0. The van der Waals surface area contributed by atoms with E-state index in [0.29, 0.717) is 42.8 Å². The largest absolute Gasteiger partial charge is 0.587 e.